The first-order valence-electron chi connectivity index (χ1n) is 8.16. The highest BCUT2D eigenvalue weighted by Gasteiger charge is 2.19. The number of rotatable bonds is 8. The maximum atomic E-state index is 12.3. The molecule has 1 atom stereocenters. The first kappa shape index (κ1) is 19.6. The largest absolute Gasteiger partial charge is 0.497 e. The van der Waals surface area contributed by atoms with Gasteiger partial charge in [-0.25, -0.2) is 4.79 Å². The number of halogens is 1. The summed E-state index contributed by atoms with van der Waals surface area (Å²) in [5, 5.41) is 14.7. The summed E-state index contributed by atoms with van der Waals surface area (Å²) in [6, 6.07) is 13.8. The van der Waals surface area contributed by atoms with E-state index < -0.39 is 18.0 Å². The molecule has 1 unspecified atom stereocenters. The maximum Gasteiger partial charge on any atom is 0.315 e. The van der Waals surface area contributed by atoms with Gasteiger partial charge in [0, 0.05) is 18.0 Å². The van der Waals surface area contributed by atoms with Gasteiger partial charge in [0.2, 0.25) is 0 Å². The van der Waals surface area contributed by atoms with E-state index in [0.717, 1.165) is 11.1 Å². The minimum absolute atomic E-state index is 0.00407. The third-order valence-electron chi connectivity index (χ3n) is 3.77. The summed E-state index contributed by atoms with van der Waals surface area (Å²) in [5.41, 5.74) is 1.57. The van der Waals surface area contributed by atoms with Crippen LogP contribution in [0.2, 0.25) is 5.02 Å². The van der Waals surface area contributed by atoms with Crippen molar-refractivity contribution in [1.82, 2.24) is 10.6 Å². The van der Waals surface area contributed by atoms with Gasteiger partial charge in [0.1, 0.15) is 5.75 Å². The Morgan fingerprint density at radius 3 is 2.65 bits per heavy atom. The Kier molecular flexibility index (Phi) is 7.29. The van der Waals surface area contributed by atoms with Gasteiger partial charge < -0.3 is 20.5 Å². The van der Waals surface area contributed by atoms with E-state index in [1.54, 1.807) is 13.2 Å². The third kappa shape index (κ3) is 5.67. The van der Waals surface area contributed by atoms with Crippen LogP contribution in [0.15, 0.2) is 48.5 Å². The monoisotopic (exact) mass is 376 g/mol. The number of urea groups is 1. The van der Waals surface area contributed by atoms with Crippen molar-refractivity contribution in [2.75, 3.05) is 13.7 Å². The Bertz CT molecular complexity index is 767. The predicted octanol–water partition coefficient (Wildman–Crippen LogP) is 3.60. The van der Waals surface area contributed by atoms with Gasteiger partial charge in [0.15, 0.2) is 0 Å². The Labute approximate surface area is 157 Å². The number of benzene rings is 2. The lowest BCUT2D eigenvalue weighted by atomic mass is 9.98. The van der Waals surface area contributed by atoms with Crippen molar-refractivity contribution in [3.05, 3.63) is 64.7 Å². The molecule has 0 aliphatic rings. The topological polar surface area (TPSA) is 87.7 Å². The molecule has 2 rings (SSSR count). The lowest BCUT2D eigenvalue weighted by molar-refractivity contribution is -0.137. The fourth-order valence-electron chi connectivity index (χ4n) is 2.49. The van der Waals surface area contributed by atoms with Gasteiger partial charge in [-0.3, -0.25) is 4.79 Å². The molecule has 7 heteroatoms. The van der Waals surface area contributed by atoms with Crippen molar-refractivity contribution < 1.29 is 19.4 Å². The number of hydrogen-bond donors (Lipinski definition) is 3. The van der Waals surface area contributed by atoms with Gasteiger partial charge >= 0.3 is 12.0 Å². The van der Waals surface area contributed by atoms with Crippen LogP contribution in [-0.2, 0) is 4.79 Å². The summed E-state index contributed by atoms with van der Waals surface area (Å²) in [6.07, 6.45) is 0.364. The molecule has 0 saturated heterocycles. The van der Waals surface area contributed by atoms with E-state index in [9.17, 15) is 9.59 Å². The van der Waals surface area contributed by atoms with Gasteiger partial charge in [-0.2, -0.15) is 0 Å². The van der Waals surface area contributed by atoms with Gasteiger partial charge in [-0.1, -0.05) is 41.9 Å². The van der Waals surface area contributed by atoms with E-state index in [-0.39, 0.29) is 13.0 Å². The molecule has 3 N–H and O–H groups in total. The quantitative estimate of drug-likeness (QED) is 0.614. The minimum Gasteiger partial charge on any atom is -0.497 e. The van der Waals surface area contributed by atoms with Crippen LogP contribution in [0.1, 0.15) is 30.0 Å². The van der Waals surface area contributed by atoms with Crippen LogP contribution in [0.4, 0.5) is 4.79 Å². The summed E-state index contributed by atoms with van der Waals surface area (Å²) >= 11 is 6.32. The van der Waals surface area contributed by atoms with E-state index in [1.807, 2.05) is 42.5 Å². The third-order valence-corrected chi connectivity index (χ3v) is 4.12. The van der Waals surface area contributed by atoms with E-state index in [4.69, 9.17) is 21.4 Å². The number of ether oxygens (including phenoxy) is 1. The molecular weight excluding hydrogens is 356 g/mol. The average molecular weight is 377 g/mol. The number of amides is 2. The zero-order valence-electron chi connectivity index (χ0n) is 14.4. The molecule has 0 saturated carbocycles. The van der Waals surface area contributed by atoms with Crippen molar-refractivity contribution in [1.29, 1.82) is 0 Å². The molecule has 0 aliphatic heterocycles. The van der Waals surface area contributed by atoms with Crippen molar-refractivity contribution in [3.63, 3.8) is 0 Å². The molecule has 6 nitrogen and oxygen atoms in total. The fraction of sp³-hybridized carbons (Fsp3) is 0.263. The molecule has 2 aromatic rings. The van der Waals surface area contributed by atoms with Crippen molar-refractivity contribution in [3.8, 4) is 5.75 Å². The number of carboxylic acid groups (broad SMARTS) is 1. The Balaban J connectivity index is 2.17. The normalized spacial score (nSPS) is 11.5. The van der Waals surface area contributed by atoms with E-state index >= 15 is 0 Å². The number of nitrogens with one attached hydrogen (secondary N) is 2. The standard InChI is InChI=1S/C19H21ClN2O4/c1-26-14-7-4-6-13(12-14)18(15-8-2-3-9-16(15)20)22-19(25)21-11-5-10-17(23)24/h2-4,6-9,12,18H,5,10-11H2,1H3,(H,23,24)(H2,21,22,25). The first-order chi connectivity index (χ1) is 12.5. The molecule has 138 valence electrons. The highest BCUT2D eigenvalue weighted by molar-refractivity contribution is 6.31. The number of aliphatic carboxylic acids is 1. The Morgan fingerprint density at radius 1 is 1.19 bits per heavy atom. The fourth-order valence-corrected chi connectivity index (χ4v) is 2.74. The van der Waals surface area contributed by atoms with Crippen LogP contribution in [0.25, 0.3) is 0 Å². The molecule has 0 heterocycles. The Morgan fingerprint density at radius 2 is 1.96 bits per heavy atom. The lowest BCUT2D eigenvalue weighted by Crippen LogP contribution is -2.39. The van der Waals surface area contributed by atoms with Crippen LogP contribution in [-0.4, -0.2) is 30.8 Å². The second kappa shape index (κ2) is 9.68. The molecular formula is C19H21ClN2O4. The van der Waals surface area contributed by atoms with Crippen molar-refractivity contribution in [2.45, 2.75) is 18.9 Å². The summed E-state index contributed by atoms with van der Waals surface area (Å²) in [6.45, 7) is 0.269. The molecule has 0 aliphatic carbocycles. The minimum atomic E-state index is -0.891. The van der Waals surface area contributed by atoms with Crippen LogP contribution in [0.3, 0.4) is 0 Å². The number of methoxy groups -OCH3 is 1. The van der Waals surface area contributed by atoms with E-state index in [2.05, 4.69) is 10.6 Å². The second-order valence-corrected chi connectivity index (χ2v) is 6.04. The molecule has 2 amide bonds. The van der Waals surface area contributed by atoms with Crippen LogP contribution < -0.4 is 15.4 Å². The van der Waals surface area contributed by atoms with Crippen molar-refractivity contribution >= 4 is 23.6 Å². The highest BCUT2D eigenvalue weighted by Crippen LogP contribution is 2.29. The second-order valence-electron chi connectivity index (χ2n) is 5.63. The predicted molar refractivity (Wildman–Crippen MR) is 99.7 cm³/mol. The van der Waals surface area contributed by atoms with Crippen molar-refractivity contribution in [2.24, 2.45) is 0 Å². The molecule has 2 aromatic carbocycles. The summed E-state index contributed by atoms with van der Waals surface area (Å²) in [5.74, 6) is -0.222. The number of hydrogen-bond acceptors (Lipinski definition) is 3. The molecule has 0 fully saturated rings. The number of carbonyl (C=O) groups excluding carboxylic acids is 1. The van der Waals surface area contributed by atoms with Crippen LogP contribution in [0, 0.1) is 0 Å². The van der Waals surface area contributed by atoms with Crippen LogP contribution in [0.5, 0.6) is 5.75 Å². The van der Waals surface area contributed by atoms with Gasteiger partial charge in [0.25, 0.3) is 0 Å². The zero-order valence-corrected chi connectivity index (χ0v) is 15.1. The number of carboxylic acids is 1. The maximum absolute atomic E-state index is 12.3. The van der Waals surface area contributed by atoms with Gasteiger partial charge in [-0.15, -0.1) is 0 Å². The molecule has 0 aromatic heterocycles. The van der Waals surface area contributed by atoms with Gasteiger partial charge in [0.05, 0.1) is 13.2 Å². The zero-order chi connectivity index (χ0) is 18.9. The number of carbonyl (C=O) groups is 2. The highest BCUT2D eigenvalue weighted by atomic mass is 35.5. The SMILES string of the molecule is COc1cccc(C(NC(=O)NCCCC(=O)O)c2ccccc2Cl)c1. The first-order valence-corrected chi connectivity index (χ1v) is 8.53. The molecule has 0 spiro atoms. The smallest absolute Gasteiger partial charge is 0.315 e. The molecule has 26 heavy (non-hydrogen) atoms. The average Bonchev–Trinajstić information content (AvgIpc) is 2.64. The lowest BCUT2D eigenvalue weighted by Gasteiger charge is -2.21. The summed E-state index contributed by atoms with van der Waals surface area (Å²) < 4.78 is 5.26. The van der Waals surface area contributed by atoms with E-state index in [0.29, 0.717) is 17.2 Å². The summed E-state index contributed by atoms with van der Waals surface area (Å²) in [4.78, 5) is 22.8. The van der Waals surface area contributed by atoms with Crippen LogP contribution >= 0.6 is 11.6 Å². The molecule has 0 radical (unpaired) electrons. The summed E-state index contributed by atoms with van der Waals surface area (Å²) in [7, 11) is 1.58. The van der Waals surface area contributed by atoms with E-state index in [1.165, 1.54) is 0 Å². The Hall–Kier alpha value is -2.73. The van der Waals surface area contributed by atoms with Gasteiger partial charge in [-0.05, 0) is 35.7 Å². The molecule has 0 bridgehead atoms.